The largest absolute Gasteiger partial charge is 0.355 e. The van der Waals surface area contributed by atoms with Gasteiger partial charge in [0.2, 0.25) is 0 Å². The first-order valence-corrected chi connectivity index (χ1v) is 11.4. The Morgan fingerprint density at radius 3 is 2.67 bits per heavy atom. The zero-order chi connectivity index (χ0) is 20.3. The second-order valence-electron chi connectivity index (χ2n) is 8.69. The van der Waals surface area contributed by atoms with E-state index in [0.29, 0.717) is 5.41 Å². The lowest BCUT2D eigenvalue weighted by Crippen LogP contribution is -2.41. The molecule has 5 heterocycles. The highest BCUT2D eigenvalue weighted by Gasteiger charge is 2.41. The van der Waals surface area contributed by atoms with Crippen LogP contribution >= 0.6 is 11.3 Å². The van der Waals surface area contributed by atoms with Gasteiger partial charge in [-0.3, -0.25) is 4.98 Å². The van der Waals surface area contributed by atoms with Gasteiger partial charge in [0.1, 0.15) is 11.2 Å². The first-order valence-electron chi connectivity index (χ1n) is 10.6. The number of hydrogen-bond donors (Lipinski definition) is 0. The molecule has 30 heavy (non-hydrogen) atoms. The van der Waals surface area contributed by atoms with E-state index in [1.54, 1.807) is 11.3 Å². The van der Waals surface area contributed by atoms with Gasteiger partial charge in [0.25, 0.3) is 0 Å². The molecule has 4 aromatic rings. The normalized spacial score (nSPS) is 17.7. The van der Waals surface area contributed by atoms with Gasteiger partial charge >= 0.3 is 0 Å². The van der Waals surface area contributed by atoms with Crippen molar-refractivity contribution in [3.05, 3.63) is 58.7 Å². The Kier molecular flexibility index (Phi) is 3.96. The molecule has 1 saturated heterocycles. The summed E-state index contributed by atoms with van der Waals surface area (Å²) in [6.07, 6.45) is 10.4. The Balaban J connectivity index is 1.31. The number of hydrogen-bond acceptors (Lipinski definition) is 6. The first kappa shape index (κ1) is 18.0. The molecule has 0 amide bonds. The maximum absolute atomic E-state index is 5.07. The van der Waals surface area contributed by atoms with Gasteiger partial charge in [0, 0.05) is 31.2 Å². The van der Waals surface area contributed by atoms with Gasteiger partial charge < -0.3 is 4.90 Å². The van der Waals surface area contributed by atoms with Gasteiger partial charge in [-0.25, -0.2) is 14.5 Å². The first-order chi connectivity index (χ1) is 14.6. The molecule has 0 unspecified atom stereocenters. The Labute approximate surface area is 179 Å². The van der Waals surface area contributed by atoms with Crippen LogP contribution in [0.2, 0.25) is 0 Å². The average Bonchev–Trinajstić information content (AvgIpc) is 3.46. The summed E-state index contributed by atoms with van der Waals surface area (Å²) >= 11 is 1.69. The van der Waals surface area contributed by atoms with Crippen LogP contribution in [0.25, 0.3) is 16.1 Å². The molecule has 1 spiro atoms. The number of aryl methyl sites for hydroxylation is 2. The van der Waals surface area contributed by atoms with E-state index in [-0.39, 0.29) is 0 Å². The van der Waals surface area contributed by atoms with Crippen LogP contribution in [-0.4, -0.2) is 37.7 Å². The van der Waals surface area contributed by atoms with E-state index in [2.05, 4.69) is 45.1 Å². The SMILES string of the molecule is Cc1ncc(-c2c(C)nc(N3CCC4(CC3)Cc3cccnc3C4)c3ccnn23)s1. The van der Waals surface area contributed by atoms with Crippen molar-refractivity contribution in [2.45, 2.75) is 39.5 Å². The molecule has 1 fully saturated rings. The molecule has 1 aliphatic heterocycles. The van der Waals surface area contributed by atoms with Gasteiger partial charge in [0.05, 0.1) is 21.8 Å². The number of rotatable bonds is 2. The fourth-order valence-electron chi connectivity index (χ4n) is 5.22. The van der Waals surface area contributed by atoms with Crippen LogP contribution in [0.5, 0.6) is 0 Å². The van der Waals surface area contributed by atoms with Crippen molar-refractivity contribution in [2.24, 2.45) is 5.41 Å². The summed E-state index contributed by atoms with van der Waals surface area (Å²) in [6, 6.07) is 6.41. The maximum Gasteiger partial charge on any atom is 0.155 e. The minimum atomic E-state index is 0.374. The van der Waals surface area contributed by atoms with Gasteiger partial charge in [-0.2, -0.15) is 5.10 Å². The summed E-state index contributed by atoms with van der Waals surface area (Å²) in [5, 5.41) is 5.70. The number of pyridine rings is 1. The van der Waals surface area contributed by atoms with E-state index in [4.69, 9.17) is 4.98 Å². The molecule has 152 valence electrons. The number of nitrogens with zero attached hydrogens (tertiary/aromatic N) is 6. The topological polar surface area (TPSA) is 59.2 Å². The third-order valence-electron chi connectivity index (χ3n) is 6.77. The third kappa shape index (κ3) is 2.75. The van der Waals surface area contributed by atoms with Crippen molar-refractivity contribution in [2.75, 3.05) is 18.0 Å². The Bertz CT molecular complexity index is 1220. The highest BCUT2D eigenvalue weighted by Crippen LogP contribution is 2.45. The standard InChI is InChI=1S/C23H24N6S/c1-15-21(20-14-25-16(2)30-20)29-19(5-9-26-29)22(27-15)28-10-6-23(7-11-28)12-17-4-3-8-24-18(17)13-23/h3-5,8-9,14H,6-7,10-13H2,1-2H3. The molecule has 6 nitrogen and oxygen atoms in total. The zero-order valence-corrected chi connectivity index (χ0v) is 18.1. The van der Waals surface area contributed by atoms with E-state index in [1.165, 1.54) is 30.5 Å². The lowest BCUT2D eigenvalue weighted by atomic mass is 9.76. The van der Waals surface area contributed by atoms with Gasteiger partial charge in [-0.1, -0.05) is 6.07 Å². The Hall–Kier alpha value is -2.80. The minimum Gasteiger partial charge on any atom is -0.355 e. The molecule has 0 N–H and O–H groups in total. The Morgan fingerprint density at radius 2 is 1.90 bits per heavy atom. The summed E-state index contributed by atoms with van der Waals surface area (Å²) in [6.45, 7) is 6.17. The molecule has 0 atom stereocenters. The number of anilines is 1. The van der Waals surface area contributed by atoms with Crippen LogP contribution in [0.1, 0.15) is 34.8 Å². The summed E-state index contributed by atoms with van der Waals surface area (Å²) in [4.78, 5) is 17.7. The van der Waals surface area contributed by atoms with Crippen LogP contribution < -0.4 is 4.90 Å². The van der Waals surface area contributed by atoms with Gasteiger partial charge in [-0.15, -0.1) is 11.3 Å². The van der Waals surface area contributed by atoms with E-state index in [0.717, 1.165) is 52.1 Å². The summed E-state index contributed by atoms with van der Waals surface area (Å²) in [5.41, 5.74) is 6.26. The molecule has 0 saturated carbocycles. The fourth-order valence-corrected chi connectivity index (χ4v) is 6.08. The van der Waals surface area contributed by atoms with Crippen LogP contribution in [-0.2, 0) is 12.8 Å². The number of fused-ring (bicyclic) bond motifs is 2. The predicted octanol–water partition coefficient (Wildman–Crippen LogP) is 4.25. The van der Waals surface area contributed by atoms with Crippen molar-refractivity contribution in [1.82, 2.24) is 24.6 Å². The summed E-state index contributed by atoms with van der Waals surface area (Å²) in [5.74, 6) is 1.05. The van der Waals surface area contributed by atoms with Crippen LogP contribution in [0, 0.1) is 19.3 Å². The van der Waals surface area contributed by atoms with Gasteiger partial charge in [-0.05, 0) is 62.6 Å². The molecule has 2 aliphatic rings. The fraction of sp³-hybridized carbons (Fsp3) is 0.391. The summed E-state index contributed by atoms with van der Waals surface area (Å²) < 4.78 is 2.05. The summed E-state index contributed by atoms with van der Waals surface area (Å²) in [7, 11) is 0. The van der Waals surface area contributed by atoms with E-state index >= 15 is 0 Å². The molecule has 4 aromatic heterocycles. The second kappa shape index (κ2) is 6.60. The van der Waals surface area contributed by atoms with E-state index < -0.39 is 0 Å². The van der Waals surface area contributed by atoms with Crippen molar-refractivity contribution in [1.29, 1.82) is 0 Å². The molecule has 7 heteroatoms. The minimum absolute atomic E-state index is 0.374. The van der Waals surface area contributed by atoms with Gasteiger partial charge in [0.15, 0.2) is 5.82 Å². The highest BCUT2D eigenvalue weighted by molar-refractivity contribution is 7.15. The lowest BCUT2D eigenvalue weighted by molar-refractivity contribution is 0.231. The highest BCUT2D eigenvalue weighted by atomic mass is 32.1. The average molecular weight is 417 g/mol. The molecule has 6 rings (SSSR count). The molecular weight excluding hydrogens is 392 g/mol. The van der Waals surface area contributed by atoms with Crippen molar-refractivity contribution in [3.63, 3.8) is 0 Å². The third-order valence-corrected chi connectivity index (χ3v) is 7.69. The number of piperidine rings is 1. The molecule has 0 radical (unpaired) electrons. The number of thiazole rings is 1. The van der Waals surface area contributed by atoms with Crippen LogP contribution in [0.3, 0.4) is 0 Å². The quantitative estimate of drug-likeness (QED) is 0.489. The monoisotopic (exact) mass is 416 g/mol. The molecule has 1 aliphatic carbocycles. The maximum atomic E-state index is 5.07. The van der Waals surface area contributed by atoms with E-state index in [9.17, 15) is 0 Å². The van der Waals surface area contributed by atoms with Crippen LogP contribution in [0.4, 0.5) is 5.82 Å². The van der Waals surface area contributed by atoms with Crippen molar-refractivity contribution in [3.8, 4) is 10.6 Å². The Morgan fingerprint density at radius 1 is 1.03 bits per heavy atom. The lowest BCUT2D eigenvalue weighted by Gasteiger charge is -2.40. The predicted molar refractivity (Wildman–Crippen MR) is 119 cm³/mol. The van der Waals surface area contributed by atoms with Crippen molar-refractivity contribution >= 4 is 22.7 Å². The van der Waals surface area contributed by atoms with Crippen LogP contribution in [0.15, 0.2) is 36.8 Å². The molecule has 0 aromatic carbocycles. The number of aromatic nitrogens is 5. The molecule has 0 bridgehead atoms. The van der Waals surface area contributed by atoms with Crippen molar-refractivity contribution < 1.29 is 0 Å². The molecular formula is C23H24N6S. The second-order valence-corrected chi connectivity index (χ2v) is 9.93. The smallest absolute Gasteiger partial charge is 0.155 e. The zero-order valence-electron chi connectivity index (χ0n) is 17.3. The van der Waals surface area contributed by atoms with E-state index in [1.807, 2.05) is 30.0 Å².